The largest absolute Gasteiger partial charge is 0.354 e. The van der Waals surface area contributed by atoms with Gasteiger partial charge < -0.3 is 16.0 Å². The molecule has 1 fully saturated rings. The Morgan fingerprint density at radius 2 is 1.89 bits per heavy atom. The van der Waals surface area contributed by atoms with Crippen LogP contribution in [-0.4, -0.2) is 37.1 Å². The van der Waals surface area contributed by atoms with Crippen molar-refractivity contribution in [1.82, 2.24) is 20.9 Å². The number of hydrogen-bond acceptors (Lipinski definition) is 4. The molecule has 1 saturated heterocycles. The number of benzene rings is 1. The van der Waals surface area contributed by atoms with E-state index >= 15 is 0 Å². The van der Waals surface area contributed by atoms with Gasteiger partial charge in [-0.25, -0.2) is 0 Å². The number of rotatable bonds is 8. The maximum absolute atomic E-state index is 11.8. The summed E-state index contributed by atoms with van der Waals surface area (Å²) in [6, 6.07) is 12.5. The zero-order valence-electron chi connectivity index (χ0n) is 17.0. The fourth-order valence-corrected chi connectivity index (χ4v) is 4.22. The molecule has 1 aromatic carbocycles. The number of amides is 1. The zero-order valence-corrected chi connectivity index (χ0v) is 17.0. The van der Waals surface area contributed by atoms with E-state index < -0.39 is 5.54 Å². The second-order valence-corrected chi connectivity index (χ2v) is 7.77. The maximum atomic E-state index is 11.8. The molecule has 2 heterocycles. The van der Waals surface area contributed by atoms with Crippen LogP contribution < -0.4 is 16.0 Å². The first-order valence-corrected chi connectivity index (χ1v) is 10.3. The van der Waals surface area contributed by atoms with E-state index in [1.165, 1.54) is 24.0 Å². The smallest absolute Gasteiger partial charge is 0.216 e. The second-order valence-electron chi connectivity index (χ2n) is 7.77. The molecule has 0 spiro atoms. The van der Waals surface area contributed by atoms with Gasteiger partial charge in [0, 0.05) is 25.9 Å². The van der Waals surface area contributed by atoms with E-state index in [9.17, 15) is 4.79 Å². The molecule has 5 heteroatoms. The van der Waals surface area contributed by atoms with Crippen molar-refractivity contribution < 1.29 is 4.79 Å². The Morgan fingerprint density at radius 1 is 1.18 bits per heavy atom. The molecule has 5 nitrogen and oxygen atoms in total. The van der Waals surface area contributed by atoms with Crippen molar-refractivity contribution in [2.75, 3.05) is 26.2 Å². The Bertz CT molecular complexity index is 758. The van der Waals surface area contributed by atoms with Gasteiger partial charge in [-0.2, -0.15) is 0 Å². The van der Waals surface area contributed by atoms with E-state index in [4.69, 9.17) is 0 Å². The molecular formula is C23H32N4O. The molecule has 0 bridgehead atoms. The number of aromatic nitrogens is 1. The summed E-state index contributed by atoms with van der Waals surface area (Å²) in [6.07, 6.45) is 7.26. The Balaban J connectivity index is 1.92. The Kier molecular flexibility index (Phi) is 7.18. The van der Waals surface area contributed by atoms with Gasteiger partial charge in [-0.1, -0.05) is 24.3 Å². The summed E-state index contributed by atoms with van der Waals surface area (Å²) in [6.45, 7) is 7.34. The summed E-state index contributed by atoms with van der Waals surface area (Å²) >= 11 is 0. The normalized spacial score (nSPS) is 17.1. The quantitative estimate of drug-likeness (QED) is 0.659. The number of nitrogens with zero attached hydrogens (tertiary/aromatic N) is 1. The number of aryl methyl sites for hydroxylation is 1. The van der Waals surface area contributed by atoms with Crippen molar-refractivity contribution in [3.63, 3.8) is 0 Å². The molecule has 0 aliphatic carbocycles. The standard InChI is InChI=1S/C23H32N4O/c1-18-5-3-4-6-22(18)23(17-26-19(2)28,21-10-14-25-15-11-21)27-16-9-20-7-12-24-13-8-20/h3-6,10-11,14-15,20,24,27H,7-9,12-13,16-17H2,1-2H3,(H,26,28). The molecule has 1 aromatic heterocycles. The highest BCUT2D eigenvalue weighted by Gasteiger charge is 2.35. The predicted molar refractivity (Wildman–Crippen MR) is 113 cm³/mol. The molecule has 28 heavy (non-hydrogen) atoms. The fraction of sp³-hybridized carbons (Fsp3) is 0.478. The van der Waals surface area contributed by atoms with Crippen molar-refractivity contribution in [3.05, 3.63) is 65.5 Å². The molecule has 3 N–H and O–H groups in total. The van der Waals surface area contributed by atoms with E-state index in [2.05, 4.69) is 52.1 Å². The van der Waals surface area contributed by atoms with Crippen LogP contribution in [0.2, 0.25) is 0 Å². The number of carbonyl (C=O) groups excluding carboxylic acids is 1. The van der Waals surface area contributed by atoms with Crippen molar-refractivity contribution >= 4 is 5.91 Å². The van der Waals surface area contributed by atoms with Crippen LogP contribution in [0.15, 0.2) is 48.8 Å². The van der Waals surface area contributed by atoms with Gasteiger partial charge in [-0.15, -0.1) is 0 Å². The maximum Gasteiger partial charge on any atom is 0.216 e. The lowest BCUT2D eigenvalue weighted by molar-refractivity contribution is -0.119. The zero-order chi connectivity index (χ0) is 19.8. The number of nitrogens with one attached hydrogen (secondary N) is 3. The average Bonchev–Trinajstić information content (AvgIpc) is 2.72. The summed E-state index contributed by atoms with van der Waals surface area (Å²) < 4.78 is 0. The van der Waals surface area contributed by atoms with Crippen molar-refractivity contribution in [2.24, 2.45) is 5.92 Å². The molecule has 150 valence electrons. The molecule has 1 unspecified atom stereocenters. The predicted octanol–water partition coefficient (Wildman–Crippen LogP) is 2.75. The Labute approximate surface area is 168 Å². The summed E-state index contributed by atoms with van der Waals surface area (Å²) in [7, 11) is 0. The van der Waals surface area contributed by atoms with E-state index in [0.29, 0.717) is 6.54 Å². The van der Waals surface area contributed by atoms with Gasteiger partial charge in [0.2, 0.25) is 5.91 Å². The van der Waals surface area contributed by atoms with Crippen LogP contribution in [-0.2, 0) is 10.3 Å². The topological polar surface area (TPSA) is 66.1 Å². The fourth-order valence-electron chi connectivity index (χ4n) is 4.22. The number of carbonyl (C=O) groups is 1. The number of pyridine rings is 1. The minimum absolute atomic E-state index is 0.0211. The number of hydrogen-bond donors (Lipinski definition) is 3. The number of piperidine rings is 1. The first kappa shape index (κ1) is 20.5. The summed E-state index contributed by atoms with van der Waals surface area (Å²) in [5.74, 6) is 0.730. The molecule has 1 aliphatic heterocycles. The molecule has 3 rings (SSSR count). The SMILES string of the molecule is CC(=O)NCC(NCCC1CCNCC1)(c1ccncc1)c1ccccc1C. The van der Waals surface area contributed by atoms with Crippen molar-refractivity contribution in [2.45, 2.75) is 38.6 Å². The summed E-state index contributed by atoms with van der Waals surface area (Å²) in [4.78, 5) is 16.0. The summed E-state index contributed by atoms with van der Waals surface area (Å²) in [5, 5.41) is 10.4. The van der Waals surface area contributed by atoms with Crippen LogP contribution in [0.3, 0.4) is 0 Å². The molecule has 1 amide bonds. The van der Waals surface area contributed by atoms with Crippen LogP contribution in [0.5, 0.6) is 0 Å². The second kappa shape index (κ2) is 9.80. The molecule has 0 saturated carbocycles. The van der Waals surface area contributed by atoms with E-state index in [0.717, 1.165) is 37.5 Å². The lowest BCUT2D eigenvalue weighted by Crippen LogP contribution is -2.52. The van der Waals surface area contributed by atoms with E-state index in [1.807, 2.05) is 24.5 Å². The highest BCUT2D eigenvalue weighted by molar-refractivity contribution is 5.73. The Hall–Kier alpha value is -2.24. The van der Waals surface area contributed by atoms with Gasteiger partial charge in [-0.3, -0.25) is 9.78 Å². The molecule has 1 atom stereocenters. The van der Waals surface area contributed by atoms with Crippen LogP contribution in [0.4, 0.5) is 0 Å². The van der Waals surface area contributed by atoms with E-state index in [-0.39, 0.29) is 5.91 Å². The average molecular weight is 381 g/mol. The van der Waals surface area contributed by atoms with Gasteiger partial charge in [-0.05, 0) is 80.6 Å². The van der Waals surface area contributed by atoms with Gasteiger partial charge in [0.05, 0.1) is 5.54 Å². The van der Waals surface area contributed by atoms with Crippen LogP contribution in [0.1, 0.15) is 42.9 Å². The van der Waals surface area contributed by atoms with Crippen LogP contribution >= 0.6 is 0 Å². The molecule has 2 aromatic rings. The van der Waals surface area contributed by atoms with Crippen LogP contribution in [0.25, 0.3) is 0 Å². The minimum Gasteiger partial charge on any atom is -0.354 e. The molecule has 0 radical (unpaired) electrons. The Morgan fingerprint density at radius 3 is 2.57 bits per heavy atom. The van der Waals surface area contributed by atoms with Gasteiger partial charge in [0.1, 0.15) is 0 Å². The third-order valence-corrected chi connectivity index (χ3v) is 5.82. The highest BCUT2D eigenvalue weighted by Crippen LogP contribution is 2.32. The summed E-state index contributed by atoms with van der Waals surface area (Å²) in [5.41, 5.74) is 3.04. The molecular weight excluding hydrogens is 348 g/mol. The van der Waals surface area contributed by atoms with Crippen molar-refractivity contribution in [3.8, 4) is 0 Å². The first-order valence-electron chi connectivity index (χ1n) is 10.3. The van der Waals surface area contributed by atoms with Gasteiger partial charge in [0.25, 0.3) is 0 Å². The lowest BCUT2D eigenvalue weighted by atomic mass is 9.80. The van der Waals surface area contributed by atoms with E-state index in [1.54, 1.807) is 6.92 Å². The van der Waals surface area contributed by atoms with Crippen molar-refractivity contribution in [1.29, 1.82) is 0 Å². The monoisotopic (exact) mass is 380 g/mol. The minimum atomic E-state index is -0.479. The van der Waals surface area contributed by atoms with Gasteiger partial charge in [0.15, 0.2) is 0 Å². The van der Waals surface area contributed by atoms with Crippen LogP contribution in [0, 0.1) is 12.8 Å². The first-order chi connectivity index (χ1) is 13.6. The third-order valence-electron chi connectivity index (χ3n) is 5.82. The third kappa shape index (κ3) is 4.97. The molecule has 1 aliphatic rings. The van der Waals surface area contributed by atoms with Gasteiger partial charge >= 0.3 is 0 Å². The highest BCUT2D eigenvalue weighted by atomic mass is 16.1. The lowest BCUT2D eigenvalue weighted by Gasteiger charge is -2.38.